The molecule has 7 nitrogen and oxygen atoms in total. The van der Waals surface area contributed by atoms with Crippen LogP contribution in [0.25, 0.3) is 11.3 Å². The molecule has 1 N–H and O–H groups in total. The predicted molar refractivity (Wildman–Crippen MR) is 102 cm³/mol. The fourth-order valence-electron chi connectivity index (χ4n) is 3.60. The van der Waals surface area contributed by atoms with Crippen LogP contribution in [0.2, 0.25) is 0 Å². The molecule has 1 saturated heterocycles. The van der Waals surface area contributed by atoms with Gasteiger partial charge >= 0.3 is 0 Å². The molecule has 0 spiro atoms. The molecule has 1 fully saturated rings. The highest BCUT2D eigenvalue weighted by Crippen LogP contribution is 2.24. The maximum absolute atomic E-state index is 10.8. The van der Waals surface area contributed by atoms with Gasteiger partial charge in [0.1, 0.15) is 0 Å². The van der Waals surface area contributed by atoms with Crippen LogP contribution in [0.5, 0.6) is 0 Å². The number of nitro benzene ring substituents is 1. The van der Waals surface area contributed by atoms with Crippen molar-refractivity contribution in [2.24, 2.45) is 13.0 Å². The van der Waals surface area contributed by atoms with Crippen molar-refractivity contribution in [3.05, 3.63) is 46.1 Å². The Morgan fingerprint density at radius 3 is 2.81 bits per heavy atom. The molecule has 0 bridgehead atoms. The lowest BCUT2D eigenvalue weighted by atomic mass is 10.0. The first kappa shape index (κ1) is 18.5. The minimum Gasteiger partial charge on any atom is -0.311 e. The normalized spacial score (nSPS) is 18.2. The number of aromatic nitrogens is 2. The molecule has 26 heavy (non-hydrogen) atoms. The van der Waals surface area contributed by atoms with Crippen LogP contribution in [-0.4, -0.2) is 45.8 Å². The van der Waals surface area contributed by atoms with Gasteiger partial charge in [0.15, 0.2) is 0 Å². The second kappa shape index (κ2) is 8.42. The molecule has 1 aliphatic heterocycles. The topological polar surface area (TPSA) is 76.2 Å². The van der Waals surface area contributed by atoms with E-state index in [1.165, 1.54) is 38.1 Å². The molecule has 7 heteroatoms. The van der Waals surface area contributed by atoms with Crippen molar-refractivity contribution in [2.45, 2.75) is 26.3 Å². The number of rotatable bonds is 7. The van der Waals surface area contributed by atoms with Crippen LogP contribution < -0.4 is 5.32 Å². The van der Waals surface area contributed by atoms with Gasteiger partial charge in [-0.15, -0.1) is 0 Å². The van der Waals surface area contributed by atoms with Crippen molar-refractivity contribution in [3.8, 4) is 11.3 Å². The Kier molecular flexibility index (Phi) is 6.00. The molecule has 1 unspecified atom stereocenters. The summed E-state index contributed by atoms with van der Waals surface area (Å²) >= 11 is 0. The van der Waals surface area contributed by atoms with E-state index in [9.17, 15) is 10.1 Å². The van der Waals surface area contributed by atoms with E-state index in [4.69, 9.17) is 0 Å². The van der Waals surface area contributed by atoms with Crippen molar-refractivity contribution in [3.63, 3.8) is 0 Å². The number of nitro groups is 1. The van der Waals surface area contributed by atoms with E-state index in [1.807, 2.05) is 13.2 Å². The molecule has 0 amide bonds. The Hall–Kier alpha value is -2.25. The van der Waals surface area contributed by atoms with Gasteiger partial charge in [-0.1, -0.05) is 6.92 Å². The van der Waals surface area contributed by atoms with E-state index >= 15 is 0 Å². The molecule has 1 aliphatic rings. The van der Waals surface area contributed by atoms with Crippen LogP contribution in [0.4, 0.5) is 5.69 Å². The number of benzene rings is 1. The van der Waals surface area contributed by atoms with Crippen molar-refractivity contribution < 1.29 is 4.92 Å². The maximum atomic E-state index is 10.8. The highest BCUT2D eigenvalue weighted by Gasteiger charge is 2.16. The monoisotopic (exact) mass is 357 g/mol. The summed E-state index contributed by atoms with van der Waals surface area (Å²) in [5, 5.41) is 18.9. The Morgan fingerprint density at radius 1 is 1.35 bits per heavy atom. The van der Waals surface area contributed by atoms with Gasteiger partial charge in [0.2, 0.25) is 0 Å². The molecule has 0 radical (unpaired) electrons. The minimum absolute atomic E-state index is 0.0973. The number of non-ortho nitro benzene ring substituents is 1. The third-order valence-electron chi connectivity index (χ3n) is 4.92. The zero-order valence-electron chi connectivity index (χ0n) is 15.5. The highest BCUT2D eigenvalue weighted by molar-refractivity contribution is 5.64. The third kappa shape index (κ3) is 4.68. The second-order valence-electron chi connectivity index (χ2n) is 7.21. The lowest BCUT2D eigenvalue weighted by molar-refractivity contribution is -0.384. The number of piperidine rings is 1. The predicted octanol–water partition coefficient (Wildman–Crippen LogP) is 2.82. The SMILES string of the molecule is CC1CCCN(CCNCc2cn(C)nc2-c2ccc([N+](=O)[O-])cc2)C1. The van der Waals surface area contributed by atoms with Gasteiger partial charge in [-0.25, -0.2) is 0 Å². The van der Waals surface area contributed by atoms with E-state index in [2.05, 4.69) is 22.2 Å². The summed E-state index contributed by atoms with van der Waals surface area (Å²) < 4.78 is 1.79. The van der Waals surface area contributed by atoms with Crippen LogP contribution >= 0.6 is 0 Å². The summed E-state index contributed by atoms with van der Waals surface area (Å²) in [6, 6.07) is 6.58. The minimum atomic E-state index is -0.383. The summed E-state index contributed by atoms with van der Waals surface area (Å²) in [4.78, 5) is 13.0. The molecular formula is C19H27N5O2. The van der Waals surface area contributed by atoms with Crippen molar-refractivity contribution in [2.75, 3.05) is 26.2 Å². The number of aryl methyl sites for hydroxylation is 1. The van der Waals surface area contributed by atoms with E-state index in [0.717, 1.165) is 42.4 Å². The van der Waals surface area contributed by atoms with E-state index in [1.54, 1.807) is 16.8 Å². The van der Waals surface area contributed by atoms with Gasteiger partial charge < -0.3 is 10.2 Å². The number of hydrogen-bond acceptors (Lipinski definition) is 5. The zero-order valence-corrected chi connectivity index (χ0v) is 15.5. The van der Waals surface area contributed by atoms with Gasteiger partial charge in [-0.05, 0) is 37.4 Å². The van der Waals surface area contributed by atoms with Gasteiger partial charge in [0.05, 0.1) is 10.6 Å². The molecule has 0 aliphatic carbocycles. The Bertz CT molecular complexity index is 741. The van der Waals surface area contributed by atoms with Gasteiger partial charge in [-0.3, -0.25) is 14.8 Å². The van der Waals surface area contributed by atoms with Gasteiger partial charge in [0, 0.05) is 62.7 Å². The number of hydrogen-bond donors (Lipinski definition) is 1. The van der Waals surface area contributed by atoms with Gasteiger partial charge in [0.25, 0.3) is 5.69 Å². The first-order valence-corrected chi connectivity index (χ1v) is 9.23. The Labute approximate surface area is 154 Å². The van der Waals surface area contributed by atoms with Crippen LogP contribution in [0, 0.1) is 16.0 Å². The van der Waals surface area contributed by atoms with E-state index in [-0.39, 0.29) is 10.6 Å². The fourth-order valence-corrected chi connectivity index (χ4v) is 3.60. The number of nitrogens with one attached hydrogen (secondary N) is 1. The fraction of sp³-hybridized carbons (Fsp3) is 0.526. The van der Waals surface area contributed by atoms with E-state index < -0.39 is 0 Å². The number of nitrogens with zero attached hydrogens (tertiary/aromatic N) is 4. The molecule has 1 aromatic carbocycles. The maximum Gasteiger partial charge on any atom is 0.269 e. The second-order valence-corrected chi connectivity index (χ2v) is 7.21. The summed E-state index contributed by atoms with van der Waals surface area (Å²) in [5.74, 6) is 0.802. The Balaban J connectivity index is 1.57. The molecule has 1 aromatic heterocycles. The standard InChI is InChI=1S/C19H27N5O2/c1-15-4-3-10-23(13-15)11-9-20-12-17-14-22(2)21-19(17)16-5-7-18(8-6-16)24(25)26/h5-8,14-15,20H,3-4,9-13H2,1-2H3. The lowest BCUT2D eigenvalue weighted by Crippen LogP contribution is -2.38. The first-order valence-electron chi connectivity index (χ1n) is 9.23. The smallest absolute Gasteiger partial charge is 0.269 e. The average Bonchev–Trinajstić information content (AvgIpc) is 2.99. The molecule has 0 saturated carbocycles. The van der Waals surface area contributed by atoms with Gasteiger partial charge in [-0.2, -0.15) is 5.10 Å². The highest BCUT2D eigenvalue weighted by atomic mass is 16.6. The van der Waals surface area contributed by atoms with Crippen molar-refractivity contribution >= 4 is 5.69 Å². The summed E-state index contributed by atoms with van der Waals surface area (Å²) in [7, 11) is 1.90. The van der Waals surface area contributed by atoms with E-state index in [0.29, 0.717) is 0 Å². The molecule has 3 rings (SSSR count). The van der Waals surface area contributed by atoms with Crippen LogP contribution in [0.15, 0.2) is 30.5 Å². The summed E-state index contributed by atoms with van der Waals surface area (Å²) in [5.41, 5.74) is 2.98. The van der Waals surface area contributed by atoms with Crippen molar-refractivity contribution in [1.82, 2.24) is 20.0 Å². The molecule has 2 aromatic rings. The third-order valence-corrected chi connectivity index (χ3v) is 4.92. The largest absolute Gasteiger partial charge is 0.311 e. The molecular weight excluding hydrogens is 330 g/mol. The van der Waals surface area contributed by atoms with Crippen molar-refractivity contribution in [1.29, 1.82) is 0 Å². The molecule has 1 atom stereocenters. The Morgan fingerprint density at radius 2 is 2.12 bits per heavy atom. The van der Waals surface area contributed by atoms with Crippen LogP contribution in [0.1, 0.15) is 25.3 Å². The van der Waals surface area contributed by atoms with Crippen LogP contribution in [-0.2, 0) is 13.6 Å². The summed E-state index contributed by atoms with van der Waals surface area (Å²) in [6.45, 7) is 7.48. The average molecular weight is 357 g/mol. The zero-order chi connectivity index (χ0) is 18.5. The van der Waals surface area contributed by atoms with Crippen LogP contribution in [0.3, 0.4) is 0 Å². The quantitative estimate of drug-likeness (QED) is 0.468. The number of likely N-dealkylation sites (tertiary alicyclic amines) is 1. The lowest BCUT2D eigenvalue weighted by Gasteiger charge is -2.30. The first-order chi connectivity index (χ1) is 12.5. The molecule has 2 heterocycles. The summed E-state index contributed by atoms with van der Waals surface area (Å²) in [6.07, 6.45) is 4.65. The molecule has 140 valence electrons.